The second-order valence-electron chi connectivity index (χ2n) is 7.86. The Labute approximate surface area is 193 Å². The van der Waals surface area contributed by atoms with E-state index >= 15 is 0 Å². The van der Waals surface area contributed by atoms with Gasteiger partial charge < -0.3 is 14.7 Å². The van der Waals surface area contributed by atoms with Crippen LogP contribution in [-0.2, 0) is 22.6 Å². The molecule has 1 unspecified atom stereocenters. The summed E-state index contributed by atoms with van der Waals surface area (Å²) in [6.07, 6.45) is 1.62. The molecule has 3 aromatic rings. The number of carbonyl (C=O) groups excluding carboxylic acids is 2. The minimum Gasteiger partial charge on any atom is -0.361 e. The van der Waals surface area contributed by atoms with Crippen molar-refractivity contribution < 1.29 is 14.1 Å². The van der Waals surface area contributed by atoms with E-state index in [0.29, 0.717) is 30.3 Å². The highest BCUT2D eigenvalue weighted by Crippen LogP contribution is 2.19. The number of amides is 2. The van der Waals surface area contributed by atoms with Gasteiger partial charge in [-0.2, -0.15) is 0 Å². The van der Waals surface area contributed by atoms with E-state index < -0.39 is 6.04 Å². The summed E-state index contributed by atoms with van der Waals surface area (Å²) >= 11 is 5.86. The fourth-order valence-electron chi connectivity index (χ4n) is 3.53. The van der Waals surface area contributed by atoms with Crippen molar-refractivity contribution in [2.75, 3.05) is 6.54 Å². The van der Waals surface area contributed by atoms with Crippen LogP contribution >= 0.6 is 11.6 Å². The van der Waals surface area contributed by atoms with Crippen LogP contribution in [0.4, 0.5) is 0 Å². The van der Waals surface area contributed by atoms with Crippen LogP contribution in [0.15, 0.2) is 65.2 Å². The largest absolute Gasteiger partial charge is 0.361 e. The van der Waals surface area contributed by atoms with Crippen molar-refractivity contribution in [1.82, 2.24) is 15.4 Å². The first-order valence-corrected chi connectivity index (χ1v) is 11.1. The number of benzene rings is 2. The Hall–Kier alpha value is -3.12. The number of likely N-dealkylation sites (tertiary alicyclic amines) is 1. The normalized spacial score (nSPS) is 15.1. The second-order valence-corrected chi connectivity index (χ2v) is 8.29. The van der Waals surface area contributed by atoms with Crippen LogP contribution in [-0.4, -0.2) is 34.5 Å². The summed E-state index contributed by atoms with van der Waals surface area (Å²) < 4.78 is 5.10. The lowest BCUT2D eigenvalue weighted by atomic mass is 10.1. The van der Waals surface area contributed by atoms with E-state index in [1.807, 2.05) is 30.3 Å². The summed E-state index contributed by atoms with van der Waals surface area (Å²) in [6.45, 7) is 4.89. The number of aromatic nitrogens is 1. The molecule has 32 heavy (non-hydrogen) atoms. The number of nitrogens with zero attached hydrogens (tertiary/aromatic N) is 2. The van der Waals surface area contributed by atoms with E-state index in [4.69, 9.17) is 16.1 Å². The van der Waals surface area contributed by atoms with Gasteiger partial charge >= 0.3 is 0 Å². The van der Waals surface area contributed by atoms with Gasteiger partial charge in [0.05, 0.1) is 12.1 Å². The van der Waals surface area contributed by atoms with Gasteiger partial charge in [0.15, 0.2) is 0 Å². The van der Waals surface area contributed by atoms with Crippen LogP contribution in [0.3, 0.4) is 0 Å². The molecule has 0 spiro atoms. The maximum Gasteiger partial charge on any atom is 0.243 e. The van der Waals surface area contributed by atoms with Crippen LogP contribution in [0.5, 0.6) is 0 Å². The third-order valence-corrected chi connectivity index (χ3v) is 5.45. The lowest BCUT2D eigenvalue weighted by Gasteiger charge is -2.23. The molecule has 0 aliphatic carbocycles. The minimum absolute atomic E-state index is 0.111. The highest BCUT2D eigenvalue weighted by atomic mass is 35.5. The zero-order valence-corrected chi connectivity index (χ0v) is 19.1. The SMILES string of the molecule is Cc1cc(CC(=O)N2CCCC2C(=O)NCc2ccc(Cl)cc2)on1.Cc1ccccc1. The average Bonchev–Trinajstić information content (AvgIpc) is 3.43. The average molecular weight is 454 g/mol. The summed E-state index contributed by atoms with van der Waals surface area (Å²) in [5, 5.41) is 7.34. The van der Waals surface area contributed by atoms with E-state index in [9.17, 15) is 9.59 Å². The molecule has 0 bridgehead atoms. The maximum absolute atomic E-state index is 12.5. The highest BCUT2D eigenvalue weighted by Gasteiger charge is 2.34. The summed E-state index contributed by atoms with van der Waals surface area (Å²) in [6, 6.07) is 18.9. The number of nitrogens with one attached hydrogen (secondary N) is 1. The summed E-state index contributed by atoms with van der Waals surface area (Å²) in [5.41, 5.74) is 3.02. The lowest BCUT2D eigenvalue weighted by Crippen LogP contribution is -2.46. The fraction of sp³-hybridized carbons (Fsp3) is 0.320. The number of rotatable bonds is 5. The number of halogens is 1. The number of carbonyl (C=O) groups is 2. The first kappa shape index (κ1) is 23.5. The van der Waals surface area contributed by atoms with Gasteiger partial charge in [0.25, 0.3) is 0 Å². The van der Waals surface area contributed by atoms with E-state index in [1.165, 1.54) is 5.56 Å². The zero-order valence-electron chi connectivity index (χ0n) is 18.4. The van der Waals surface area contributed by atoms with Gasteiger partial charge in [-0.05, 0) is 44.4 Å². The number of aryl methyl sites for hydroxylation is 2. The highest BCUT2D eigenvalue weighted by molar-refractivity contribution is 6.30. The minimum atomic E-state index is -0.427. The monoisotopic (exact) mass is 453 g/mol. The van der Waals surface area contributed by atoms with E-state index in [0.717, 1.165) is 17.7 Å². The van der Waals surface area contributed by atoms with Gasteiger partial charge in [-0.3, -0.25) is 9.59 Å². The predicted octanol–water partition coefficient (Wildman–Crippen LogP) is 4.48. The van der Waals surface area contributed by atoms with E-state index in [-0.39, 0.29) is 18.2 Å². The Bertz CT molecular complexity index is 1020. The van der Waals surface area contributed by atoms with Gasteiger partial charge in [-0.15, -0.1) is 0 Å². The molecule has 0 saturated carbocycles. The lowest BCUT2D eigenvalue weighted by molar-refractivity contribution is -0.138. The maximum atomic E-state index is 12.5. The molecule has 7 heteroatoms. The molecular weight excluding hydrogens is 426 g/mol. The van der Waals surface area contributed by atoms with Gasteiger partial charge in [0.2, 0.25) is 11.8 Å². The molecule has 1 atom stereocenters. The molecule has 6 nitrogen and oxygen atoms in total. The van der Waals surface area contributed by atoms with Gasteiger partial charge in [0, 0.05) is 24.2 Å². The van der Waals surface area contributed by atoms with Crippen molar-refractivity contribution >= 4 is 23.4 Å². The van der Waals surface area contributed by atoms with E-state index in [1.54, 1.807) is 30.0 Å². The molecule has 0 radical (unpaired) electrons. The third kappa shape index (κ3) is 6.95. The van der Waals surface area contributed by atoms with Crippen molar-refractivity contribution in [2.45, 2.75) is 45.7 Å². The first-order chi connectivity index (χ1) is 15.4. The number of hydrogen-bond acceptors (Lipinski definition) is 4. The fourth-order valence-corrected chi connectivity index (χ4v) is 3.66. The Balaban J connectivity index is 0.000000352. The topological polar surface area (TPSA) is 75.4 Å². The Morgan fingerprint density at radius 1 is 1.12 bits per heavy atom. The van der Waals surface area contributed by atoms with Gasteiger partial charge in [0.1, 0.15) is 11.8 Å². The van der Waals surface area contributed by atoms with Crippen molar-refractivity contribution in [3.8, 4) is 0 Å². The smallest absolute Gasteiger partial charge is 0.243 e. The standard InChI is InChI=1S/C18H20ClN3O3.C7H8/c1-12-9-15(25-21-12)10-17(23)22-8-2-3-16(22)18(24)20-11-13-4-6-14(19)7-5-13;1-7-5-3-2-4-6-7/h4-7,9,16H,2-3,8,10-11H2,1H3,(H,20,24);2-6H,1H3. The molecule has 1 fully saturated rings. The summed E-state index contributed by atoms with van der Waals surface area (Å²) in [4.78, 5) is 26.6. The molecule has 2 aromatic carbocycles. The first-order valence-electron chi connectivity index (χ1n) is 10.7. The van der Waals surface area contributed by atoms with Crippen LogP contribution < -0.4 is 5.32 Å². The van der Waals surface area contributed by atoms with E-state index in [2.05, 4.69) is 29.5 Å². The molecule has 1 aliphatic heterocycles. The molecule has 1 N–H and O–H groups in total. The molecule has 1 saturated heterocycles. The van der Waals surface area contributed by atoms with Crippen LogP contribution in [0.2, 0.25) is 5.02 Å². The summed E-state index contributed by atoms with van der Waals surface area (Å²) in [7, 11) is 0. The van der Waals surface area contributed by atoms with Crippen molar-refractivity contribution in [3.63, 3.8) is 0 Å². The van der Waals surface area contributed by atoms with Crippen LogP contribution in [0.25, 0.3) is 0 Å². The Morgan fingerprint density at radius 2 is 1.84 bits per heavy atom. The van der Waals surface area contributed by atoms with Gasteiger partial charge in [-0.1, -0.05) is 64.8 Å². The molecule has 2 amide bonds. The quantitative estimate of drug-likeness (QED) is 0.618. The summed E-state index contributed by atoms with van der Waals surface area (Å²) in [5.74, 6) is 0.282. The predicted molar refractivity (Wildman–Crippen MR) is 124 cm³/mol. The molecule has 1 aliphatic rings. The Morgan fingerprint density at radius 3 is 2.44 bits per heavy atom. The molecule has 4 rings (SSSR count). The third-order valence-electron chi connectivity index (χ3n) is 5.20. The van der Waals surface area contributed by atoms with Gasteiger partial charge in [-0.25, -0.2) is 0 Å². The van der Waals surface area contributed by atoms with Crippen LogP contribution in [0.1, 0.15) is 35.4 Å². The Kier molecular flexibility index (Phi) is 8.45. The molecule has 2 heterocycles. The van der Waals surface area contributed by atoms with Crippen LogP contribution in [0, 0.1) is 13.8 Å². The second kappa shape index (κ2) is 11.5. The van der Waals surface area contributed by atoms with Crippen molar-refractivity contribution in [2.24, 2.45) is 0 Å². The molecule has 1 aromatic heterocycles. The van der Waals surface area contributed by atoms with Crippen molar-refractivity contribution in [1.29, 1.82) is 0 Å². The number of hydrogen-bond donors (Lipinski definition) is 1. The molecule has 168 valence electrons. The van der Waals surface area contributed by atoms with Crippen molar-refractivity contribution in [3.05, 3.63) is 88.3 Å². The molecular formula is C25H28ClN3O3. The zero-order chi connectivity index (χ0) is 22.9.